The number of rotatable bonds is 4. The first-order valence-corrected chi connectivity index (χ1v) is 5.13. The Morgan fingerprint density at radius 1 is 1.35 bits per heavy atom. The van der Waals surface area contributed by atoms with Crippen molar-refractivity contribution in [2.75, 3.05) is 11.4 Å². The van der Waals surface area contributed by atoms with Crippen LogP contribution in [0.5, 0.6) is 0 Å². The van der Waals surface area contributed by atoms with Crippen molar-refractivity contribution in [3.05, 3.63) is 29.3 Å². The minimum atomic E-state index is -1.11. The molecule has 0 saturated heterocycles. The Hall–Kier alpha value is -1.99. The normalized spacial score (nSPS) is 9.41. The van der Waals surface area contributed by atoms with Gasteiger partial charge in [-0.1, -0.05) is 17.5 Å². The van der Waals surface area contributed by atoms with E-state index < -0.39 is 18.4 Å². The molecule has 0 aliphatic carbocycles. The number of carbonyl (C=O) groups excluding carboxylic acids is 1. The Bertz CT molecular complexity index is 462. The minimum Gasteiger partial charge on any atom is -0.480 e. The summed E-state index contributed by atoms with van der Waals surface area (Å²) in [5.41, 5.74) is 0.456. The second kappa shape index (κ2) is 5.92. The quantitative estimate of drug-likeness (QED) is 0.830. The molecule has 1 amide bonds. The fourth-order valence-electron chi connectivity index (χ4n) is 1.26. The van der Waals surface area contributed by atoms with Crippen molar-refractivity contribution in [2.24, 2.45) is 0 Å². The first-order valence-electron chi connectivity index (χ1n) is 4.75. The van der Waals surface area contributed by atoms with E-state index in [4.69, 9.17) is 23.1 Å². The molecule has 0 radical (unpaired) electrons. The number of benzene rings is 1. The lowest BCUT2D eigenvalue weighted by Crippen LogP contribution is -2.35. The highest BCUT2D eigenvalue weighted by molar-refractivity contribution is 6.30. The Balaban J connectivity index is 2.97. The number of nitrogens with zero attached hydrogens (tertiary/aromatic N) is 1. The van der Waals surface area contributed by atoms with Gasteiger partial charge in [0, 0.05) is 10.7 Å². The number of hydrogen-bond donors (Lipinski definition) is 1. The van der Waals surface area contributed by atoms with Gasteiger partial charge in [0.1, 0.15) is 6.54 Å². The van der Waals surface area contributed by atoms with E-state index in [1.54, 1.807) is 24.3 Å². The molecule has 0 fully saturated rings. The summed E-state index contributed by atoms with van der Waals surface area (Å²) in [7, 11) is 0. The first kappa shape index (κ1) is 13.1. The lowest BCUT2D eigenvalue weighted by molar-refractivity contribution is -0.136. The summed E-state index contributed by atoms with van der Waals surface area (Å²) in [6, 6.07) is 6.29. The van der Waals surface area contributed by atoms with Gasteiger partial charge in [0.25, 0.3) is 0 Å². The zero-order valence-electron chi connectivity index (χ0n) is 8.89. The van der Waals surface area contributed by atoms with E-state index in [2.05, 4.69) is 5.92 Å². The summed E-state index contributed by atoms with van der Waals surface area (Å²) in [4.78, 5) is 23.4. The highest BCUT2D eigenvalue weighted by atomic mass is 35.5. The van der Waals surface area contributed by atoms with Gasteiger partial charge in [0.05, 0.1) is 6.42 Å². The molecule has 0 aliphatic rings. The number of anilines is 1. The molecule has 0 aliphatic heterocycles. The molecule has 0 bridgehead atoms. The molecule has 0 unspecified atom stereocenters. The summed E-state index contributed by atoms with van der Waals surface area (Å²) in [6.45, 7) is -0.428. The minimum absolute atomic E-state index is 0.143. The number of carbonyl (C=O) groups is 2. The van der Waals surface area contributed by atoms with Crippen LogP contribution in [0.1, 0.15) is 6.42 Å². The molecule has 4 nitrogen and oxygen atoms in total. The van der Waals surface area contributed by atoms with Crippen LogP contribution in [0.15, 0.2) is 24.3 Å². The lowest BCUT2D eigenvalue weighted by atomic mass is 10.2. The van der Waals surface area contributed by atoms with Crippen molar-refractivity contribution in [2.45, 2.75) is 6.42 Å². The van der Waals surface area contributed by atoms with Crippen LogP contribution in [0, 0.1) is 12.3 Å². The van der Waals surface area contributed by atoms with Gasteiger partial charge in [-0.25, -0.2) is 0 Å². The number of carboxylic acid groups (broad SMARTS) is 1. The smallest absolute Gasteiger partial charge is 0.323 e. The number of halogens is 1. The molecular weight excluding hydrogens is 242 g/mol. The lowest BCUT2D eigenvalue weighted by Gasteiger charge is -2.19. The molecule has 0 aromatic heterocycles. The fourth-order valence-corrected chi connectivity index (χ4v) is 1.39. The average Bonchev–Trinajstić information content (AvgIpc) is 2.27. The van der Waals surface area contributed by atoms with Crippen LogP contribution >= 0.6 is 11.6 Å². The number of carboxylic acids is 1. The Labute approximate surface area is 104 Å². The SMILES string of the molecule is C#CCC(=O)N(CC(=O)O)c1ccc(Cl)cc1. The van der Waals surface area contributed by atoms with Crippen molar-refractivity contribution in [1.29, 1.82) is 0 Å². The molecule has 0 atom stereocenters. The molecule has 1 aromatic rings. The first-order chi connectivity index (χ1) is 8.04. The standard InChI is InChI=1S/C12H10ClNO3/c1-2-3-11(15)14(8-12(16)17)10-6-4-9(13)5-7-10/h1,4-7H,3,8H2,(H,16,17). The van der Waals surface area contributed by atoms with E-state index in [9.17, 15) is 9.59 Å². The molecule has 0 saturated carbocycles. The second-order valence-electron chi connectivity index (χ2n) is 3.23. The highest BCUT2D eigenvalue weighted by Crippen LogP contribution is 2.18. The van der Waals surface area contributed by atoms with Crippen LogP contribution in [0.2, 0.25) is 5.02 Å². The van der Waals surface area contributed by atoms with Gasteiger partial charge in [-0.05, 0) is 24.3 Å². The van der Waals surface area contributed by atoms with Crippen LogP contribution in [0.4, 0.5) is 5.69 Å². The Morgan fingerprint density at radius 3 is 2.41 bits per heavy atom. The molecule has 0 heterocycles. The Morgan fingerprint density at radius 2 is 1.94 bits per heavy atom. The number of amides is 1. The van der Waals surface area contributed by atoms with Gasteiger partial charge in [-0.3, -0.25) is 9.59 Å². The van der Waals surface area contributed by atoms with Gasteiger partial charge in [-0.2, -0.15) is 0 Å². The van der Waals surface area contributed by atoms with Crippen molar-refractivity contribution in [1.82, 2.24) is 0 Å². The van der Waals surface area contributed by atoms with Crippen LogP contribution in [-0.2, 0) is 9.59 Å². The average molecular weight is 252 g/mol. The van der Waals surface area contributed by atoms with E-state index in [0.717, 1.165) is 4.90 Å². The summed E-state index contributed by atoms with van der Waals surface area (Å²) >= 11 is 5.71. The molecular formula is C12H10ClNO3. The second-order valence-corrected chi connectivity index (χ2v) is 3.67. The van der Waals surface area contributed by atoms with Gasteiger partial charge in [0.2, 0.25) is 5.91 Å². The van der Waals surface area contributed by atoms with Gasteiger partial charge >= 0.3 is 5.97 Å². The molecule has 88 valence electrons. The van der Waals surface area contributed by atoms with Crippen LogP contribution in [0.3, 0.4) is 0 Å². The van der Waals surface area contributed by atoms with Crippen molar-refractivity contribution in [3.8, 4) is 12.3 Å². The molecule has 0 spiro atoms. The van der Waals surface area contributed by atoms with E-state index in [0.29, 0.717) is 10.7 Å². The summed E-state index contributed by atoms with van der Waals surface area (Å²) < 4.78 is 0. The topological polar surface area (TPSA) is 57.6 Å². The molecule has 1 rings (SSSR count). The maximum Gasteiger partial charge on any atom is 0.323 e. The molecule has 5 heteroatoms. The number of terminal acetylenes is 1. The maximum atomic E-state index is 11.7. The molecule has 1 aromatic carbocycles. The largest absolute Gasteiger partial charge is 0.480 e. The molecule has 1 N–H and O–H groups in total. The predicted molar refractivity (Wildman–Crippen MR) is 64.9 cm³/mol. The van der Waals surface area contributed by atoms with E-state index in [1.165, 1.54) is 0 Å². The van der Waals surface area contributed by atoms with E-state index >= 15 is 0 Å². The summed E-state index contributed by atoms with van der Waals surface area (Å²) in [6.07, 6.45) is 4.89. The van der Waals surface area contributed by atoms with Crippen molar-refractivity contribution in [3.63, 3.8) is 0 Å². The highest BCUT2D eigenvalue weighted by Gasteiger charge is 2.17. The van der Waals surface area contributed by atoms with E-state index in [-0.39, 0.29) is 6.42 Å². The number of aliphatic carboxylic acids is 1. The third-order valence-electron chi connectivity index (χ3n) is 1.99. The van der Waals surface area contributed by atoms with Gasteiger partial charge < -0.3 is 10.0 Å². The van der Waals surface area contributed by atoms with Gasteiger partial charge in [-0.15, -0.1) is 6.42 Å². The van der Waals surface area contributed by atoms with Crippen molar-refractivity contribution >= 4 is 29.2 Å². The van der Waals surface area contributed by atoms with Crippen molar-refractivity contribution < 1.29 is 14.7 Å². The van der Waals surface area contributed by atoms with Gasteiger partial charge in [0.15, 0.2) is 0 Å². The predicted octanol–water partition coefficient (Wildman–Crippen LogP) is 1.78. The van der Waals surface area contributed by atoms with E-state index in [1.807, 2.05) is 0 Å². The third kappa shape index (κ3) is 3.82. The zero-order chi connectivity index (χ0) is 12.8. The summed E-state index contributed by atoms with van der Waals surface area (Å²) in [5.74, 6) is 0.653. The van der Waals surface area contributed by atoms with Crippen LogP contribution < -0.4 is 4.90 Å². The molecule has 17 heavy (non-hydrogen) atoms. The summed E-state index contributed by atoms with van der Waals surface area (Å²) in [5, 5.41) is 9.25. The maximum absolute atomic E-state index is 11.7. The monoisotopic (exact) mass is 251 g/mol. The number of hydrogen-bond acceptors (Lipinski definition) is 2. The fraction of sp³-hybridized carbons (Fsp3) is 0.167. The third-order valence-corrected chi connectivity index (χ3v) is 2.24. The van der Waals surface area contributed by atoms with Crippen LogP contribution in [0.25, 0.3) is 0 Å². The van der Waals surface area contributed by atoms with Crippen LogP contribution in [-0.4, -0.2) is 23.5 Å². The zero-order valence-corrected chi connectivity index (χ0v) is 9.65. The Kier molecular flexibility index (Phi) is 4.56.